The third-order valence-corrected chi connectivity index (χ3v) is 9.75. The molecule has 0 saturated heterocycles. The Kier molecular flexibility index (Phi) is 9.87. The van der Waals surface area contributed by atoms with Crippen LogP contribution in [-0.2, 0) is 28.6 Å². The largest absolute Gasteiger partial charge is 0.467 e. The highest BCUT2D eigenvalue weighted by molar-refractivity contribution is 5.88. The van der Waals surface area contributed by atoms with Gasteiger partial charge in [0.1, 0.15) is 0 Å². The summed E-state index contributed by atoms with van der Waals surface area (Å²) in [6, 6.07) is 0. The highest BCUT2D eigenvalue weighted by atomic mass is 19.4. The van der Waals surface area contributed by atoms with Gasteiger partial charge >= 0.3 is 77.4 Å². The van der Waals surface area contributed by atoms with Crippen molar-refractivity contribution in [3.63, 3.8) is 0 Å². The molecule has 6 nitrogen and oxygen atoms in total. The fourth-order valence-corrected chi connectivity index (χ4v) is 7.22. The van der Waals surface area contributed by atoms with Gasteiger partial charge in [-0.2, -0.15) is 52.7 Å². The minimum absolute atomic E-state index is 0.0366. The lowest BCUT2D eigenvalue weighted by Crippen LogP contribution is -3.10. The Morgan fingerprint density at radius 3 is 0.644 bits per heavy atom. The number of hydrogen-bond acceptors (Lipinski definition) is 6. The molecule has 4 bridgehead atoms. The molecule has 4 saturated carbocycles. The van der Waals surface area contributed by atoms with Crippen LogP contribution in [0.15, 0.2) is 36.5 Å². The molecule has 0 unspecified atom stereocenters. The van der Waals surface area contributed by atoms with Gasteiger partial charge in [0.15, 0.2) is 0 Å². The zero-order valence-electron chi connectivity index (χ0n) is 28.0. The van der Waals surface area contributed by atoms with E-state index in [0.717, 1.165) is 0 Å². The summed E-state index contributed by atoms with van der Waals surface area (Å²) in [5.41, 5.74) is -46.3. The summed E-state index contributed by atoms with van der Waals surface area (Å²) in [5.74, 6) is -100. The lowest BCUT2D eigenvalue weighted by Gasteiger charge is -2.80. The molecule has 0 amide bonds. The molecule has 59 heavy (non-hydrogen) atoms. The summed E-state index contributed by atoms with van der Waals surface area (Å²) in [6.45, 7) is 6.69. The molecular formula is C28H15F25O6. The quantitative estimate of drug-likeness (QED) is 0.0841. The molecule has 4 aliphatic rings. The fourth-order valence-electron chi connectivity index (χ4n) is 7.22. The second-order valence-corrected chi connectivity index (χ2v) is 13.1. The van der Waals surface area contributed by atoms with Crippen molar-refractivity contribution in [3.8, 4) is 0 Å². The van der Waals surface area contributed by atoms with Crippen molar-refractivity contribution < 1.29 is 138 Å². The van der Waals surface area contributed by atoms with Gasteiger partial charge in [0, 0.05) is 16.7 Å². The number of ether oxygens (including phenoxy) is 3. The fraction of sp³-hybridized carbons (Fsp3) is 0.679. The van der Waals surface area contributed by atoms with Crippen molar-refractivity contribution in [3.05, 3.63) is 36.5 Å². The first-order valence-corrected chi connectivity index (χ1v) is 14.4. The van der Waals surface area contributed by atoms with E-state index in [-0.39, 0.29) is 20.8 Å². The molecule has 0 aromatic heterocycles. The average molecular weight is 922 g/mol. The molecule has 0 heterocycles. The van der Waals surface area contributed by atoms with E-state index in [0.29, 0.717) is 0 Å². The number of rotatable bonds is 12. The lowest BCUT2D eigenvalue weighted by atomic mass is 9.26. The standard InChI is InChI=1S/C28H15F25O6/c1-7(2)10(54)57-26(48,49)23(42,43)13-17(30,31)14(24(44,45)27(50,51)58-11(55)8(3)4)19(34,35)15(18(13,32)33,25(46,47)28(52,53)59-12(56)9(5)6)22(40,41)16(29,20(13,36)37)21(14,38)39/h1,3,5H2,2,4,6H3. The summed E-state index contributed by atoms with van der Waals surface area (Å²) < 4.78 is 407. The van der Waals surface area contributed by atoms with Crippen LogP contribution in [0.1, 0.15) is 20.8 Å². The summed E-state index contributed by atoms with van der Waals surface area (Å²) in [5, 5.41) is 0. The summed E-state index contributed by atoms with van der Waals surface area (Å²) in [6.07, 6.45) is -25.7. The van der Waals surface area contributed by atoms with Crippen molar-refractivity contribution in [2.24, 2.45) is 16.2 Å². The number of halogens is 25. The van der Waals surface area contributed by atoms with Crippen LogP contribution in [0, 0.1) is 16.2 Å². The Hall–Kier alpha value is -4.12. The number of hydrogen-bond donors (Lipinski definition) is 0. The van der Waals surface area contributed by atoms with Gasteiger partial charge in [-0.1, -0.05) is 19.7 Å². The molecule has 4 aliphatic carbocycles. The summed E-state index contributed by atoms with van der Waals surface area (Å²) in [7, 11) is 0. The maximum atomic E-state index is 16.6. The van der Waals surface area contributed by atoms with E-state index in [1.165, 1.54) is 0 Å². The number of carbonyl (C=O) groups excluding carboxylic acids is 3. The van der Waals surface area contributed by atoms with Crippen molar-refractivity contribution >= 4 is 17.9 Å². The molecule has 0 radical (unpaired) electrons. The van der Waals surface area contributed by atoms with E-state index >= 15 is 110 Å². The van der Waals surface area contributed by atoms with Gasteiger partial charge < -0.3 is 14.2 Å². The van der Waals surface area contributed by atoms with Gasteiger partial charge in [-0.05, 0) is 20.8 Å². The van der Waals surface area contributed by atoms with Crippen LogP contribution in [0.3, 0.4) is 0 Å². The predicted octanol–water partition coefficient (Wildman–Crippen LogP) is 9.55. The summed E-state index contributed by atoms with van der Waals surface area (Å²) >= 11 is 0. The van der Waals surface area contributed by atoms with E-state index in [2.05, 4.69) is 33.9 Å². The number of alkyl halides is 25. The van der Waals surface area contributed by atoms with Crippen LogP contribution < -0.4 is 0 Å². The Bertz CT molecular complexity index is 1680. The normalized spacial score (nSPS) is 31.5. The van der Waals surface area contributed by atoms with Crippen LogP contribution in [0.25, 0.3) is 0 Å². The number of carbonyl (C=O) groups is 3. The molecule has 338 valence electrons. The second kappa shape index (κ2) is 11.8. The van der Waals surface area contributed by atoms with Gasteiger partial charge in [-0.25, -0.2) is 71.5 Å². The van der Waals surface area contributed by atoms with E-state index in [1.54, 1.807) is 0 Å². The minimum Gasteiger partial charge on any atom is -0.393 e. The maximum Gasteiger partial charge on any atom is 0.467 e. The molecule has 0 N–H and O–H groups in total. The SMILES string of the molecule is C=C(C)C(=O)OC(F)(F)C(F)(F)C12C(F)(F)C3(F)C(F)(F)C(C(F)(F)C(F)(F)OC(=O)C(=C)C)(C1(F)F)C(F)(F)C(C(F)(F)C(F)(F)OC(=O)C(=C)C)(C3(F)F)C2(F)F. The van der Waals surface area contributed by atoms with E-state index in [4.69, 9.17) is 0 Å². The van der Waals surface area contributed by atoms with Gasteiger partial charge in [0.2, 0.25) is 16.2 Å². The second-order valence-electron chi connectivity index (χ2n) is 13.1. The van der Waals surface area contributed by atoms with E-state index < -0.39 is 128 Å². The molecular weight excluding hydrogens is 907 g/mol. The highest BCUT2D eigenvalue weighted by Gasteiger charge is 3.29. The van der Waals surface area contributed by atoms with Crippen LogP contribution >= 0.6 is 0 Å². The van der Waals surface area contributed by atoms with Crippen molar-refractivity contribution in [2.45, 2.75) is 98.1 Å². The molecule has 0 aliphatic heterocycles. The van der Waals surface area contributed by atoms with Crippen molar-refractivity contribution in [1.82, 2.24) is 0 Å². The molecule has 0 atom stereocenters. The average Bonchev–Trinajstić information content (AvgIpc) is 2.96. The Morgan fingerprint density at radius 2 is 0.508 bits per heavy atom. The van der Waals surface area contributed by atoms with Crippen LogP contribution in [0.5, 0.6) is 0 Å². The van der Waals surface area contributed by atoms with Crippen LogP contribution in [0.2, 0.25) is 0 Å². The van der Waals surface area contributed by atoms with E-state index in [1.807, 2.05) is 0 Å². The topological polar surface area (TPSA) is 78.9 Å². The Balaban J connectivity index is 3.07. The van der Waals surface area contributed by atoms with Crippen molar-refractivity contribution in [1.29, 1.82) is 0 Å². The summed E-state index contributed by atoms with van der Waals surface area (Å²) in [4.78, 5) is 34.9. The Labute approximate surface area is 307 Å². The third kappa shape index (κ3) is 4.24. The minimum atomic E-state index is -10.2. The van der Waals surface area contributed by atoms with Crippen LogP contribution in [-0.4, -0.2) is 95.2 Å². The first kappa shape index (κ1) is 49.2. The van der Waals surface area contributed by atoms with Gasteiger partial charge in [0.05, 0.1) is 0 Å². The van der Waals surface area contributed by atoms with Crippen LogP contribution in [0.4, 0.5) is 110 Å². The Morgan fingerprint density at radius 1 is 0.356 bits per heavy atom. The van der Waals surface area contributed by atoms with Gasteiger partial charge in [0.25, 0.3) is 17.8 Å². The first-order valence-electron chi connectivity index (χ1n) is 14.4. The molecule has 4 rings (SSSR count). The smallest absolute Gasteiger partial charge is 0.393 e. The first-order chi connectivity index (χ1) is 25.5. The zero-order chi connectivity index (χ0) is 47.6. The monoisotopic (exact) mass is 922 g/mol. The molecule has 0 aromatic rings. The molecule has 31 heteroatoms. The predicted molar refractivity (Wildman–Crippen MR) is 133 cm³/mol. The van der Waals surface area contributed by atoms with E-state index in [9.17, 15) is 14.4 Å². The maximum absolute atomic E-state index is 16.6. The molecule has 0 spiro atoms. The van der Waals surface area contributed by atoms with Crippen molar-refractivity contribution in [2.75, 3.05) is 0 Å². The number of esters is 3. The van der Waals surface area contributed by atoms with Gasteiger partial charge in [-0.15, -0.1) is 0 Å². The zero-order valence-corrected chi connectivity index (χ0v) is 28.0. The highest BCUT2D eigenvalue weighted by Crippen LogP contribution is 2.99. The third-order valence-electron chi connectivity index (χ3n) is 9.75. The van der Waals surface area contributed by atoms with Gasteiger partial charge in [-0.3, -0.25) is 0 Å². The molecule has 4 fully saturated rings. The lowest BCUT2D eigenvalue weighted by molar-refractivity contribution is -0.684. The molecule has 0 aromatic carbocycles.